The minimum atomic E-state index is -0.691. The molecular weight excluding hydrogens is 384 g/mol. The molecule has 9 heteroatoms. The maximum Gasteiger partial charge on any atom is 0.329 e. The van der Waals surface area contributed by atoms with Crippen LogP contribution in [0.3, 0.4) is 0 Å². The minimum Gasteiger partial charge on any atom is -0.496 e. The molecule has 0 radical (unpaired) electrons. The number of amides is 3. The third-order valence-corrected chi connectivity index (χ3v) is 3.90. The summed E-state index contributed by atoms with van der Waals surface area (Å²) in [5, 5.41) is 2.42. The molecule has 3 amide bonds. The van der Waals surface area contributed by atoms with E-state index >= 15 is 0 Å². The van der Waals surface area contributed by atoms with Gasteiger partial charge in [-0.3, -0.25) is 9.59 Å². The molecule has 1 aliphatic heterocycles. The lowest BCUT2D eigenvalue weighted by molar-refractivity contribution is -0.143. The summed E-state index contributed by atoms with van der Waals surface area (Å²) >= 11 is 3.35. The molecule has 1 aromatic rings. The molecule has 24 heavy (non-hydrogen) atoms. The molecule has 1 aromatic carbocycles. The van der Waals surface area contributed by atoms with E-state index in [1.807, 2.05) is 0 Å². The van der Waals surface area contributed by atoms with Gasteiger partial charge in [0.2, 0.25) is 0 Å². The highest BCUT2D eigenvalue weighted by Crippen LogP contribution is 2.34. The summed E-state index contributed by atoms with van der Waals surface area (Å²) in [6.07, 6.45) is 1.46. The second-order valence-electron chi connectivity index (χ2n) is 4.68. The van der Waals surface area contributed by atoms with Crippen molar-refractivity contribution >= 4 is 39.9 Å². The van der Waals surface area contributed by atoms with Crippen molar-refractivity contribution in [2.24, 2.45) is 0 Å². The number of benzene rings is 1. The van der Waals surface area contributed by atoms with Crippen molar-refractivity contribution in [1.82, 2.24) is 10.2 Å². The van der Waals surface area contributed by atoms with Crippen molar-refractivity contribution in [2.45, 2.75) is 0 Å². The molecule has 0 spiro atoms. The van der Waals surface area contributed by atoms with Crippen molar-refractivity contribution in [3.63, 3.8) is 0 Å². The van der Waals surface area contributed by atoms with Gasteiger partial charge in [0.25, 0.3) is 5.91 Å². The number of methoxy groups -OCH3 is 3. The van der Waals surface area contributed by atoms with Crippen LogP contribution in [0.25, 0.3) is 6.08 Å². The van der Waals surface area contributed by atoms with Crippen LogP contribution in [-0.2, 0) is 14.3 Å². The number of esters is 1. The first-order chi connectivity index (χ1) is 11.4. The van der Waals surface area contributed by atoms with Gasteiger partial charge < -0.3 is 19.5 Å². The lowest BCUT2D eigenvalue weighted by Crippen LogP contribution is -2.36. The standard InChI is InChI=1S/C15H15BrN2O6/c1-22-11-6-12(23-2)9(16)4-8(11)5-10-14(20)18(15(21)17-10)7-13(19)24-3/h4-6H,7H2,1-3H3,(H,17,21). The zero-order chi connectivity index (χ0) is 17.9. The number of ether oxygens (including phenoxy) is 3. The molecule has 0 saturated carbocycles. The van der Waals surface area contributed by atoms with E-state index in [2.05, 4.69) is 26.0 Å². The number of nitrogens with one attached hydrogen (secondary N) is 1. The normalized spacial score (nSPS) is 15.5. The Morgan fingerprint density at radius 2 is 1.88 bits per heavy atom. The average Bonchev–Trinajstić information content (AvgIpc) is 2.82. The van der Waals surface area contributed by atoms with Gasteiger partial charge in [0.1, 0.15) is 23.7 Å². The zero-order valence-electron chi connectivity index (χ0n) is 13.2. The average molecular weight is 399 g/mol. The molecule has 0 unspecified atom stereocenters. The van der Waals surface area contributed by atoms with Crippen LogP contribution in [0.1, 0.15) is 5.56 Å². The first-order valence-corrected chi connectivity index (χ1v) is 7.53. The molecule has 1 saturated heterocycles. The predicted octanol–water partition coefficient (Wildman–Crippen LogP) is 1.53. The third-order valence-electron chi connectivity index (χ3n) is 3.28. The van der Waals surface area contributed by atoms with E-state index in [1.165, 1.54) is 27.4 Å². The molecule has 8 nitrogen and oxygen atoms in total. The molecular formula is C15H15BrN2O6. The fourth-order valence-electron chi connectivity index (χ4n) is 2.06. The number of rotatable bonds is 5. The van der Waals surface area contributed by atoms with E-state index < -0.39 is 24.5 Å². The summed E-state index contributed by atoms with van der Waals surface area (Å²) in [7, 11) is 4.17. The van der Waals surface area contributed by atoms with E-state index in [4.69, 9.17) is 9.47 Å². The van der Waals surface area contributed by atoms with E-state index in [9.17, 15) is 14.4 Å². The minimum absolute atomic E-state index is 0.0271. The van der Waals surface area contributed by atoms with Gasteiger partial charge in [0, 0.05) is 11.6 Å². The third kappa shape index (κ3) is 3.51. The SMILES string of the molecule is COC(=O)CN1C(=O)NC(=Cc2cc(Br)c(OC)cc2OC)C1=O. The maximum absolute atomic E-state index is 12.3. The van der Waals surface area contributed by atoms with Crippen molar-refractivity contribution in [3.8, 4) is 11.5 Å². The largest absolute Gasteiger partial charge is 0.496 e. The molecule has 1 heterocycles. The second kappa shape index (κ2) is 7.35. The molecule has 0 atom stereocenters. The number of hydrogen-bond acceptors (Lipinski definition) is 6. The summed E-state index contributed by atoms with van der Waals surface area (Å²) in [5.41, 5.74) is 0.577. The van der Waals surface area contributed by atoms with Gasteiger partial charge in [0.15, 0.2) is 0 Å². The summed E-state index contributed by atoms with van der Waals surface area (Å²) in [5.74, 6) is -0.303. The Labute approximate surface area is 146 Å². The Balaban J connectivity index is 2.35. The van der Waals surface area contributed by atoms with Crippen LogP contribution in [0.5, 0.6) is 11.5 Å². The molecule has 1 aliphatic rings. The highest BCUT2D eigenvalue weighted by molar-refractivity contribution is 9.10. The van der Waals surface area contributed by atoms with E-state index in [0.29, 0.717) is 21.5 Å². The van der Waals surface area contributed by atoms with Gasteiger partial charge in [-0.2, -0.15) is 0 Å². The van der Waals surface area contributed by atoms with Gasteiger partial charge in [-0.05, 0) is 28.1 Å². The fourth-order valence-corrected chi connectivity index (χ4v) is 2.58. The van der Waals surface area contributed by atoms with Crippen molar-refractivity contribution in [1.29, 1.82) is 0 Å². The van der Waals surface area contributed by atoms with Crippen LogP contribution in [-0.4, -0.2) is 50.7 Å². The first kappa shape index (κ1) is 17.8. The maximum atomic E-state index is 12.3. The lowest BCUT2D eigenvalue weighted by Gasteiger charge is -2.10. The van der Waals surface area contributed by atoms with Gasteiger partial charge in [0.05, 0.1) is 25.8 Å². The number of carbonyl (C=O) groups is 3. The number of nitrogens with zero attached hydrogens (tertiary/aromatic N) is 1. The van der Waals surface area contributed by atoms with Gasteiger partial charge >= 0.3 is 12.0 Å². The zero-order valence-corrected chi connectivity index (χ0v) is 14.8. The second-order valence-corrected chi connectivity index (χ2v) is 5.54. The summed E-state index contributed by atoms with van der Waals surface area (Å²) in [6.45, 7) is -0.456. The Hall–Kier alpha value is -2.55. The van der Waals surface area contributed by atoms with Crippen molar-refractivity contribution in [3.05, 3.63) is 27.9 Å². The van der Waals surface area contributed by atoms with E-state index in [1.54, 1.807) is 12.1 Å². The van der Waals surface area contributed by atoms with Crippen LogP contribution in [0.15, 0.2) is 22.3 Å². The molecule has 0 aromatic heterocycles. The van der Waals surface area contributed by atoms with Gasteiger partial charge in [-0.25, -0.2) is 9.69 Å². The van der Waals surface area contributed by atoms with E-state index in [-0.39, 0.29) is 5.70 Å². The number of hydrogen-bond donors (Lipinski definition) is 1. The van der Waals surface area contributed by atoms with Gasteiger partial charge in [-0.15, -0.1) is 0 Å². The molecule has 1 fully saturated rings. The quantitative estimate of drug-likeness (QED) is 0.459. The highest BCUT2D eigenvalue weighted by atomic mass is 79.9. The predicted molar refractivity (Wildman–Crippen MR) is 87.5 cm³/mol. The van der Waals surface area contributed by atoms with Crippen LogP contribution in [0.4, 0.5) is 4.79 Å². The smallest absolute Gasteiger partial charge is 0.329 e. The topological polar surface area (TPSA) is 94.2 Å². The number of urea groups is 1. The molecule has 2 rings (SSSR count). The molecule has 1 N–H and O–H groups in total. The Bertz CT molecular complexity index is 731. The molecule has 128 valence electrons. The summed E-state index contributed by atoms with van der Waals surface area (Å²) < 4.78 is 15.6. The summed E-state index contributed by atoms with van der Waals surface area (Å²) in [4.78, 5) is 36.2. The van der Waals surface area contributed by atoms with Crippen molar-refractivity contribution in [2.75, 3.05) is 27.9 Å². The monoisotopic (exact) mass is 398 g/mol. The van der Waals surface area contributed by atoms with Crippen LogP contribution in [0, 0.1) is 0 Å². The lowest BCUT2D eigenvalue weighted by atomic mass is 10.1. The Morgan fingerprint density at radius 3 is 2.46 bits per heavy atom. The highest BCUT2D eigenvalue weighted by Gasteiger charge is 2.35. The van der Waals surface area contributed by atoms with Gasteiger partial charge in [-0.1, -0.05) is 0 Å². The Kier molecular flexibility index (Phi) is 5.45. The number of halogens is 1. The Morgan fingerprint density at radius 1 is 1.21 bits per heavy atom. The van der Waals surface area contributed by atoms with Crippen LogP contribution in [0.2, 0.25) is 0 Å². The fraction of sp³-hybridized carbons (Fsp3) is 0.267. The summed E-state index contributed by atoms with van der Waals surface area (Å²) in [6, 6.07) is 2.64. The van der Waals surface area contributed by atoms with Crippen LogP contribution >= 0.6 is 15.9 Å². The van der Waals surface area contributed by atoms with Crippen LogP contribution < -0.4 is 14.8 Å². The number of carbonyl (C=O) groups excluding carboxylic acids is 3. The molecule has 0 aliphatic carbocycles. The number of imide groups is 1. The first-order valence-electron chi connectivity index (χ1n) is 6.74. The van der Waals surface area contributed by atoms with Crippen molar-refractivity contribution < 1.29 is 28.6 Å². The molecule has 0 bridgehead atoms. The van der Waals surface area contributed by atoms with E-state index in [0.717, 1.165) is 4.90 Å².